The van der Waals surface area contributed by atoms with Crippen molar-refractivity contribution in [3.05, 3.63) is 0 Å². The maximum atomic E-state index is 3.82. The van der Waals surface area contributed by atoms with Gasteiger partial charge in [0.2, 0.25) is 0 Å². The fourth-order valence-corrected chi connectivity index (χ4v) is 4.70. The fraction of sp³-hybridized carbons (Fsp3) is 1.00. The zero-order valence-electron chi connectivity index (χ0n) is 9.00. The Kier molecular flexibility index (Phi) is 4.51. The molecule has 2 atom stereocenters. The van der Waals surface area contributed by atoms with Crippen molar-refractivity contribution in [3.8, 4) is 0 Å². The molecule has 2 saturated heterocycles. The standard InChI is InChI=1S/C11H21NS2/c1-9(10-2-5-13-6-3-10)12-11-4-7-14-8-11/h9-12H,2-8H2,1H3. The van der Waals surface area contributed by atoms with E-state index in [0.717, 1.165) is 18.0 Å². The summed E-state index contributed by atoms with van der Waals surface area (Å²) >= 11 is 4.23. The predicted molar refractivity (Wildman–Crippen MR) is 68.4 cm³/mol. The molecule has 2 unspecified atom stereocenters. The number of hydrogen-bond acceptors (Lipinski definition) is 3. The van der Waals surface area contributed by atoms with Crippen LogP contribution >= 0.6 is 23.5 Å². The van der Waals surface area contributed by atoms with Crippen molar-refractivity contribution in [1.29, 1.82) is 0 Å². The van der Waals surface area contributed by atoms with E-state index in [2.05, 4.69) is 35.8 Å². The third kappa shape index (κ3) is 3.07. The lowest BCUT2D eigenvalue weighted by Crippen LogP contribution is -2.42. The second-order valence-corrected chi connectivity index (χ2v) is 6.84. The van der Waals surface area contributed by atoms with Gasteiger partial charge in [-0.1, -0.05) is 0 Å². The molecule has 3 heteroatoms. The van der Waals surface area contributed by atoms with Crippen molar-refractivity contribution >= 4 is 23.5 Å². The molecule has 14 heavy (non-hydrogen) atoms. The van der Waals surface area contributed by atoms with Crippen LogP contribution in [0.15, 0.2) is 0 Å². The Morgan fingerprint density at radius 2 is 1.79 bits per heavy atom. The molecular formula is C11H21NS2. The highest BCUT2D eigenvalue weighted by Crippen LogP contribution is 2.26. The van der Waals surface area contributed by atoms with E-state index in [-0.39, 0.29) is 0 Å². The third-order valence-electron chi connectivity index (χ3n) is 3.40. The predicted octanol–water partition coefficient (Wildman–Crippen LogP) is 2.61. The van der Waals surface area contributed by atoms with E-state index >= 15 is 0 Å². The average Bonchev–Trinajstić information content (AvgIpc) is 2.72. The molecule has 1 nitrogen and oxygen atoms in total. The lowest BCUT2D eigenvalue weighted by molar-refractivity contribution is 0.329. The summed E-state index contributed by atoms with van der Waals surface area (Å²) in [6, 6.07) is 1.56. The maximum absolute atomic E-state index is 3.82. The first-order valence-electron chi connectivity index (χ1n) is 5.78. The molecule has 0 aliphatic carbocycles. The second kappa shape index (κ2) is 5.66. The first-order chi connectivity index (χ1) is 6.86. The van der Waals surface area contributed by atoms with E-state index in [1.54, 1.807) is 0 Å². The van der Waals surface area contributed by atoms with Crippen LogP contribution in [0.1, 0.15) is 26.2 Å². The molecule has 0 aromatic rings. The van der Waals surface area contributed by atoms with E-state index < -0.39 is 0 Å². The minimum atomic E-state index is 0.750. The highest BCUT2D eigenvalue weighted by atomic mass is 32.2. The first kappa shape index (κ1) is 11.2. The molecule has 2 aliphatic heterocycles. The van der Waals surface area contributed by atoms with Crippen molar-refractivity contribution in [1.82, 2.24) is 5.32 Å². The van der Waals surface area contributed by atoms with Crippen LogP contribution in [0.5, 0.6) is 0 Å². The van der Waals surface area contributed by atoms with Crippen molar-refractivity contribution in [2.24, 2.45) is 5.92 Å². The van der Waals surface area contributed by atoms with Gasteiger partial charge in [-0.15, -0.1) is 0 Å². The normalized spacial score (nSPS) is 31.9. The molecule has 82 valence electrons. The summed E-state index contributed by atoms with van der Waals surface area (Å²) in [7, 11) is 0. The van der Waals surface area contributed by atoms with Gasteiger partial charge in [0.15, 0.2) is 0 Å². The Bertz CT molecular complexity index is 163. The van der Waals surface area contributed by atoms with E-state index in [1.165, 1.54) is 42.3 Å². The van der Waals surface area contributed by atoms with Gasteiger partial charge in [-0.05, 0) is 49.4 Å². The van der Waals surface area contributed by atoms with Gasteiger partial charge in [0.1, 0.15) is 0 Å². The van der Waals surface area contributed by atoms with E-state index in [1.807, 2.05) is 0 Å². The molecule has 0 bridgehead atoms. The summed E-state index contributed by atoms with van der Waals surface area (Å²) in [5.41, 5.74) is 0. The topological polar surface area (TPSA) is 12.0 Å². The van der Waals surface area contributed by atoms with Crippen LogP contribution in [0, 0.1) is 5.92 Å². The Balaban J connectivity index is 1.72. The van der Waals surface area contributed by atoms with Gasteiger partial charge in [0.05, 0.1) is 0 Å². The molecule has 0 saturated carbocycles. The van der Waals surface area contributed by atoms with Crippen molar-refractivity contribution in [2.45, 2.75) is 38.3 Å². The van der Waals surface area contributed by atoms with E-state index in [9.17, 15) is 0 Å². The molecule has 1 N–H and O–H groups in total. The molecule has 0 aromatic carbocycles. The minimum absolute atomic E-state index is 0.750. The molecule has 2 heterocycles. The summed E-state index contributed by atoms with van der Waals surface area (Å²) in [5.74, 6) is 6.42. The number of thioether (sulfide) groups is 2. The Morgan fingerprint density at radius 1 is 1.07 bits per heavy atom. The lowest BCUT2D eigenvalue weighted by Gasteiger charge is -2.30. The maximum Gasteiger partial charge on any atom is 0.0168 e. The molecule has 0 radical (unpaired) electrons. The van der Waals surface area contributed by atoms with Crippen LogP contribution in [0.4, 0.5) is 0 Å². The van der Waals surface area contributed by atoms with Crippen LogP contribution in [0.3, 0.4) is 0 Å². The van der Waals surface area contributed by atoms with E-state index in [0.29, 0.717) is 0 Å². The third-order valence-corrected chi connectivity index (χ3v) is 5.61. The minimum Gasteiger partial charge on any atom is -0.310 e. The average molecular weight is 231 g/mol. The Morgan fingerprint density at radius 3 is 2.43 bits per heavy atom. The molecule has 2 aliphatic rings. The van der Waals surface area contributed by atoms with Crippen molar-refractivity contribution in [2.75, 3.05) is 23.0 Å². The molecule has 0 amide bonds. The second-order valence-electron chi connectivity index (χ2n) is 4.47. The van der Waals surface area contributed by atoms with E-state index in [4.69, 9.17) is 0 Å². The Labute approximate surface area is 96.2 Å². The fourth-order valence-electron chi connectivity index (χ4n) is 2.39. The van der Waals surface area contributed by atoms with Gasteiger partial charge < -0.3 is 5.32 Å². The highest BCUT2D eigenvalue weighted by Gasteiger charge is 2.24. The first-order valence-corrected chi connectivity index (χ1v) is 8.09. The van der Waals surface area contributed by atoms with Crippen LogP contribution in [0.2, 0.25) is 0 Å². The summed E-state index contributed by atoms with van der Waals surface area (Å²) in [4.78, 5) is 0. The van der Waals surface area contributed by atoms with Gasteiger partial charge in [-0.3, -0.25) is 0 Å². The molecule has 0 aromatic heterocycles. The van der Waals surface area contributed by atoms with Gasteiger partial charge >= 0.3 is 0 Å². The van der Waals surface area contributed by atoms with Gasteiger partial charge in [0.25, 0.3) is 0 Å². The Hall–Kier alpha value is 0.660. The molecule has 0 spiro atoms. The SMILES string of the molecule is CC(NC1CCSC1)C1CCSCC1. The monoisotopic (exact) mass is 231 g/mol. The zero-order valence-corrected chi connectivity index (χ0v) is 10.6. The molecule has 2 rings (SSSR count). The van der Waals surface area contributed by atoms with Crippen LogP contribution in [-0.2, 0) is 0 Å². The summed E-state index contributed by atoms with van der Waals surface area (Å²) < 4.78 is 0. The van der Waals surface area contributed by atoms with Crippen molar-refractivity contribution in [3.63, 3.8) is 0 Å². The van der Waals surface area contributed by atoms with Gasteiger partial charge in [-0.25, -0.2) is 0 Å². The largest absolute Gasteiger partial charge is 0.310 e. The molecular weight excluding hydrogens is 210 g/mol. The van der Waals surface area contributed by atoms with Crippen LogP contribution < -0.4 is 5.32 Å². The summed E-state index contributed by atoms with van der Waals surface area (Å²) in [6.45, 7) is 2.39. The van der Waals surface area contributed by atoms with Crippen LogP contribution in [-0.4, -0.2) is 35.1 Å². The summed E-state index contributed by atoms with van der Waals surface area (Å²) in [6.07, 6.45) is 4.24. The van der Waals surface area contributed by atoms with Gasteiger partial charge in [-0.2, -0.15) is 23.5 Å². The quantitative estimate of drug-likeness (QED) is 0.802. The number of nitrogens with one attached hydrogen (secondary N) is 1. The lowest BCUT2D eigenvalue weighted by atomic mass is 9.94. The van der Waals surface area contributed by atoms with Crippen molar-refractivity contribution < 1.29 is 0 Å². The number of hydrogen-bond donors (Lipinski definition) is 1. The summed E-state index contributed by atoms with van der Waals surface area (Å²) in [5, 5.41) is 3.82. The van der Waals surface area contributed by atoms with Crippen LogP contribution in [0.25, 0.3) is 0 Å². The smallest absolute Gasteiger partial charge is 0.0168 e. The number of rotatable bonds is 3. The molecule has 2 fully saturated rings. The van der Waals surface area contributed by atoms with Gasteiger partial charge in [0, 0.05) is 17.8 Å². The zero-order chi connectivity index (χ0) is 9.80. The highest BCUT2D eigenvalue weighted by molar-refractivity contribution is 7.99.